The first kappa shape index (κ1) is 6.29. The minimum absolute atomic E-state index is 0.267. The summed E-state index contributed by atoms with van der Waals surface area (Å²) >= 11 is 4.92. The molecule has 0 spiro atoms. The van der Waals surface area contributed by atoms with E-state index in [0.29, 0.717) is 16.1 Å². The Morgan fingerprint density at radius 2 is 2.36 bits per heavy atom. The van der Waals surface area contributed by atoms with Gasteiger partial charge in [-0.1, -0.05) is 12.2 Å². The Bertz CT molecular complexity index is 379. The molecule has 6 heteroatoms. The number of nitrogens with two attached hydrogens (primary N) is 1. The van der Waals surface area contributed by atoms with Crippen LogP contribution in [0.15, 0.2) is 4.99 Å². The van der Waals surface area contributed by atoms with Crippen LogP contribution in [-0.2, 0) is 0 Å². The molecule has 1 aliphatic rings. The van der Waals surface area contributed by atoms with Gasteiger partial charge in [0.15, 0.2) is 5.82 Å². The van der Waals surface area contributed by atoms with E-state index < -0.39 is 0 Å². The van der Waals surface area contributed by atoms with Crippen molar-refractivity contribution in [2.24, 2.45) is 4.99 Å². The molecule has 0 atom stereocenters. The van der Waals surface area contributed by atoms with Crippen LogP contribution in [0.25, 0.3) is 0 Å². The maximum absolute atomic E-state index is 5.38. The number of aromatic nitrogens is 2. The van der Waals surface area contributed by atoms with Crippen LogP contribution in [0.5, 0.6) is 0 Å². The van der Waals surface area contributed by atoms with E-state index in [0.717, 1.165) is 0 Å². The fourth-order valence-corrected chi connectivity index (χ4v) is 1.07. The van der Waals surface area contributed by atoms with Crippen LogP contribution >= 0.6 is 12.2 Å². The van der Waals surface area contributed by atoms with Gasteiger partial charge in [0.1, 0.15) is 16.7 Å². The zero-order valence-electron chi connectivity index (χ0n) is 5.40. The van der Waals surface area contributed by atoms with Gasteiger partial charge in [0.25, 0.3) is 0 Å². The first-order valence-electron chi connectivity index (χ1n) is 2.90. The molecule has 0 saturated carbocycles. The molecule has 1 radical (unpaired) electrons. The zero-order chi connectivity index (χ0) is 7.84. The molecule has 0 aliphatic carbocycles. The molecule has 0 saturated heterocycles. The summed E-state index contributed by atoms with van der Waals surface area (Å²) in [4.78, 5) is 10.4. The fraction of sp³-hybridized carbons (Fsp3) is 0. The molecular formula is C5H4N5S. The van der Waals surface area contributed by atoms with Gasteiger partial charge in [-0.15, -0.1) is 0 Å². The summed E-state index contributed by atoms with van der Waals surface area (Å²) in [5.41, 5.74) is 5.97. The van der Waals surface area contributed by atoms with Crippen LogP contribution in [0.3, 0.4) is 0 Å². The molecule has 11 heavy (non-hydrogen) atoms. The van der Waals surface area contributed by atoms with Crippen LogP contribution in [0.1, 0.15) is 0 Å². The number of aromatic amines is 1. The van der Waals surface area contributed by atoms with Crippen molar-refractivity contribution in [2.75, 3.05) is 5.73 Å². The second kappa shape index (κ2) is 2.03. The van der Waals surface area contributed by atoms with Crippen molar-refractivity contribution >= 4 is 36.0 Å². The molecular weight excluding hydrogens is 162 g/mol. The van der Waals surface area contributed by atoms with E-state index >= 15 is 0 Å². The van der Waals surface area contributed by atoms with E-state index in [2.05, 4.69) is 20.3 Å². The summed E-state index contributed by atoms with van der Waals surface area (Å²) in [6.07, 6.45) is 1.40. The van der Waals surface area contributed by atoms with Crippen molar-refractivity contribution in [3.05, 3.63) is 4.64 Å². The molecule has 2 rings (SSSR count). The molecule has 0 aromatic carbocycles. The lowest BCUT2D eigenvalue weighted by molar-refractivity contribution is 1.14. The summed E-state index contributed by atoms with van der Waals surface area (Å²) in [6, 6.07) is 0. The van der Waals surface area contributed by atoms with Crippen LogP contribution < -0.4 is 11.1 Å². The number of anilines is 1. The van der Waals surface area contributed by atoms with E-state index in [1.54, 1.807) is 0 Å². The van der Waals surface area contributed by atoms with Crippen molar-refractivity contribution < 1.29 is 0 Å². The molecule has 0 fully saturated rings. The number of rotatable bonds is 0. The van der Waals surface area contributed by atoms with E-state index in [4.69, 9.17) is 18.0 Å². The second-order valence-corrected chi connectivity index (χ2v) is 2.41. The first-order valence-corrected chi connectivity index (χ1v) is 3.31. The van der Waals surface area contributed by atoms with Gasteiger partial charge in [-0.05, 0) is 0 Å². The number of H-pyrrole nitrogens is 1. The highest BCUT2D eigenvalue weighted by Crippen LogP contribution is 2.26. The van der Waals surface area contributed by atoms with Crippen molar-refractivity contribution in [1.82, 2.24) is 15.3 Å². The molecule has 1 aliphatic heterocycles. The van der Waals surface area contributed by atoms with Crippen molar-refractivity contribution in [3.63, 3.8) is 0 Å². The minimum Gasteiger partial charge on any atom is -0.369 e. The highest BCUT2D eigenvalue weighted by atomic mass is 32.1. The Morgan fingerprint density at radius 3 is 3.18 bits per heavy atom. The molecule has 0 bridgehead atoms. The topological polar surface area (TPSA) is 81.2 Å². The maximum atomic E-state index is 5.38. The summed E-state index contributed by atoms with van der Waals surface area (Å²) in [6.45, 7) is 0. The molecule has 0 amide bonds. The van der Waals surface area contributed by atoms with E-state index in [9.17, 15) is 0 Å². The monoisotopic (exact) mass is 166 g/mol. The summed E-state index contributed by atoms with van der Waals surface area (Å²) in [5, 5.41) is 3.89. The predicted molar refractivity (Wildman–Crippen MR) is 43.8 cm³/mol. The standard InChI is InChI=1S/C5H4N5S/c6-5-9-3-2(4(11)10-5)7-1-8-3/h1H,(H3,6,9,10,11). The van der Waals surface area contributed by atoms with E-state index in [1.807, 2.05) is 0 Å². The Balaban J connectivity index is 2.76. The first-order chi connectivity index (χ1) is 5.27. The Labute approximate surface area is 67.4 Å². The molecule has 0 unspecified atom stereocenters. The average molecular weight is 166 g/mol. The smallest absolute Gasteiger partial charge is 0.200 e. The van der Waals surface area contributed by atoms with Crippen LogP contribution in [0.4, 0.5) is 17.5 Å². The summed E-state index contributed by atoms with van der Waals surface area (Å²) in [7, 11) is 0. The van der Waals surface area contributed by atoms with Crippen molar-refractivity contribution in [2.45, 2.75) is 0 Å². The summed E-state index contributed by atoms with van der Waals surface area (Å²) in [5.74, 6) is 0.759. The molecule has 5 nitrogen and oxygen atoms in total. The quantitative estimate of drug-likeness (QED) is 0.554. The number of nitrogens with zero attached hydrogens (tertiary/aromatic N) is 3. The second-order valence-electron chi connectivity index (χ2n) is 2.00. The molecule has 55 valence electrons. The lowest BCUT2D eigenvalue weighted by Crippen LogP contribution is -1.96. The third-order valence-electron chi connectivity index (χ3n) is 1.26. The van der Waals surface area contributed by atoms with Crippen LogP contribution in [0.2, 0.25) is 0 Å². The van der Waals surface area contributed by atoms with E-state index in [-0.39, 0.29) is 5.95 Å². The SMILES string of the molecule is Nc1nc2c(c(=S)[nH]1)[N]C=N2. The van der Waals surface area contributed by atoms with Gasteiger partial charge < -0.3 is 10.7 Å². The lowest BCUT2D eigenvalue weighted by Gasteiger charge is -1.96. The van der Waals surface area contributed by atoms with Crippen LogP contribution in [-0.4, -0.2) is 16.3 Å². The van der Waals surface area contributed by atoms with Gasteiger partial charge in [0.2, 0.25) is 5.95 Å². The molecule has 1 aromatic rings. The lowest BCUT2D eigenvalue weighted by atomic mass is 10.5. The average Bonchev–Trinajstić information content (AvgIpc) is 2.34. The Morgan fingerprint density at radius 1 is 1.55 bits per heavy atom. The number of hydrogen-bond acceptors (Lipinski definition) is 4. The number of nitrogens with one attached hydrogen (secondary N) is 1. The van der Waals surface area contributed by atoms with Gasteiger partial charge >= 0.3 is 0 Å². The maximum Gasteiger partial charge on any atom is 0.200 e. The highest BCUT2D eigenvalue weighted by molar-refractivity contribution is 7.71. The summed E-state index contributed by atoms with van der Waals surface area (Å²) < 4.78 is 0.477. The minimum atomic E-state index is 0.267. The Hall–Kier alpha value is -1.43. The highest BCUT2D eigenvalue weighted by Gasteiger charge is 2.11. The van der Waals surface area contributed by atoms with Gasteiger partial charge in [-0.3, -0.25) is 0 Å². The molecule has 3 N–H and O–H groups in total. The van der Waals surface area contributed by atoms with Crippen LogP contribution in [0, 0.1) is 4.64 Å². The third kappa shape index (κ3) is 0.874. The molecule has 2 heterocycles. The number of hydrogen-bond donors (Lipinski definition) is 2. The van der Waals surface area contributed by atoms with Gasteiger partial charge in [-0.2, -0.15) is 4.98 Å². The molecule has 1 aromatic heterocycles. The normalized spacial score (nSPS) is 12.7. The van der Waals surface area contributed by atoms with E-state index in [1.165, 1.54) is 6.34 Å². The van der Waals surface area contributed by atoms with Gasteiger partial charge in [0.05, 0.1) is 0 Å². The van der Waals surface area contributed by atoms with Gasteiger partial charge in [0, 0.05) is 0 Å². The predicted octanol–water partition coefficient (Wildman–Crippen LogP) is 0.631. The number of aliphatic imine (C=N–C) groups is 1. The largest absolute Gasteiger partial charge is 0.369 e. The van der Waals surface area contributed by atoms with Crippen molar-refractivity contribution in [1.29, 1.82) is 0 Å². The number of fused-ring (bicyclic) bond motifs is 1. The number of nitrogen functional groups attached to an aromatic ring is 1. The van der Waals surface area contributed by atoms with Gasteiger partial charge in [-0.25, -0.2) is 10.3 Å². The van der Waals surface area contributed by atoms with Crippen molar-refractivity contribution in [3.8, 4) is 0 Å². The zero-order valence-corrected chi connectivity index (χ0v) is 6.22. The third-order valence-corrected chi connectivity index (χ3v) is 1.56. The Kier molecular flexibility index (Phi) is 1.16. The fourth-order valence-electron chi connectivity index (χ4n) is 0.820.